The molecule has 7 heteroatoms. The normalized spacial score (nSPS) is 17.5. The Balaban J connectivity index is 1.64. The number of rotatable bonds is 4. The lowest BCUT2D eigenvalue weighted by Crippen LogP contribution is -2.35. The molecule has 3 rings (SSSR count). The number of aromatic nitrogens is 4. The molecule has 21 heavy (non-hydrogen) atoms. The van der Waals surface area contributed by atoms with E-state index in [9.17, 15) is 4.79 Å². The lowest BCUT2D eigenvalue weighted by atomic mass is 9.97. The second kappa shape index (κ2) is 5.93. The molecule has 1 aliphatic heterocycles. The number of carbonyl (C=O) groups excluding carboxylic acids is 1. The van der Waals surface area contributed by atoms with Crippen molar-refractivity contribution in [1.82, 2.24) is 24.0 Å². The molecule has 0 aromatic carbocycles. The topological polar surface area (TPSA) is 63.9 Å². The van der Waals surface area contributed by atoms with Gasteiger partial charge in [-0.2, -0.15) is 0 Å². The van der Waals surface area contributed by atoms with Crippen molar-refractivity contribution in [3.8, 4) is 0 Å². The van der Waals surface area contributed by atoms with Crippen LogP contribution in [0.25, 0.3) is 0 Å². The molecule has 1 atom stereocenters. The van der Waals surface area contributed by atoms with Gasteiger partial charge >= 0.3 is 0 Å². The van der Waals surface area contributed by atoms with Crippen LogP contribution in [0.2, 0.25) is 0 Å². The third kappa shape index (κ3) is 2.83. The van der Waals surface area contributed by atoms with Gasteiger partial charge in [0.2, 0.25) is 0 Å². The van der Waals surface area contributed by atoms with Crippen molar-refractivity contribution in [3.05, 3.63) is 28.8 Å². The summed E-state index contributed by atoms with van der Waals surface area (Å²) in [6.07, 6.45) is 6.64. The van der Waals surface area contributed by atoms with Crippen LogP contribution in [-0.2, 0) is 19.4 Å². The summed E-state index contributed by atoms with van der Waals surface area (Å²) in [5.74, 6) is 1.64. The van der Waals surface area contributed by atoms with Gasteiger partial charge in [0.25, 0.3) is 5.91 Å². The fourth-order valence-electron chi connectivity index (χ4n) is 2.82. The van der Waals surface area contributed by atoms with Crippen LogP contribution in [-0.4, -0.2) is 43.5 Å². The van der Waals surface area contributed by atoms with E-state index in [-0.39, 0.29) is 5.91 Å². The zero-order valence-corrected chi connectivity index (χ0v) is 13.1. The molecule has 0 radical (unpaired) electrons. The summed E-state index contributed by atoms with van der Waals surface area (Å²) in [6.45, 7) is 3.74. The summed E-state index contributed by atoms with van der Waals surface area (Å²) in [4.78, 5) is 19.3. The van der Waals surface area contributed by atoms with Crippen molar-refractivity contribution in [2.75, 3.05) is 13.6 Å². The second-order valence-corrected chi connectivity index (χ2v) is 6.24. The van der Waals surface area contributed by atoms with Gasteiger partial charge in [-0.05, 0) is 30.3 Å². The molecule has 112 valence electrons. The lowest BCUT2D eigenvalue weighted by Gasteiger charge is -2.27. The Morgan fingerprint density at radius 1 is 1.57 bits per heavy atom. The van der Waals surface area contributed by atoms with Crippen molar-refractivity contribution >= 4 is 17.4 Å². The van der Waals surface area contributed by atoms with E-state index in [1.165, 1.54) is 11.5 Å². The van der Waals surface area contributed by atoms with Gasteiger partial charge in [-0.3, -0.25) is 4.79 Å². The molecule has 0 bridgehead atoms. The van der Waals surface area contributed by atoms with E-state index >= 15 is 0 Å². The maximum atomic E-state index is 12.5. The Morgan fingerprint density at radius 3 is 3.24 bits per heavy atom. The van der Waals surface area contributed by atoms with E-state index in [0.29, 0.717) is 10.8 Å². The summed E-state index contributed by atoms with van der Waals surface area (Å²) in [5, 5.41) is 4.02. The Morgan fingerprint density at radius 2 is 2.43 bits per heavy atom. The quantitative estimate of drug-likeness (QED) is 0.861. The molecular formula is C14H19N5OS. The first-order chi connectivity index (χ1) is 10.2. The molecule has 2 aromatic heterocycles. The largest absolute Gasteiger partial charge is 0.341 e. The predicted octanol–water partition coefficient (Wildman–Crippen LogP) is 1.63. The Kier molecular flexibility index (Phi) is 4.01. The number of fused-ring (bicyclic) bond motifs is 1. The molecule has 0 aliphatic carbocycles. The molecule has 1 aliphatic rings. The van der Waals surface area contributed by atoms with Crippen LogP contribution >= 0.6 is 11.5 Å². The average molecular weight is 305 g/mol. The first-order valence-corrected chi connectivity index (χ1v) is 8.03. The molecule has 0 spiro atoms. The van der Waals surface area contributed by atoms with Crippen LogP contribution in [0.15, 0.2) is 12.4 Å². The minimum Gasteiger partial charge on any atom is -0.341 e. The van der Waals surface area contributed by atoms with Crippen LogP contribution in [0, 0.1) is 5.92 Å². The van der Waals surface area contributed by atoms with Crippen LogP contribution < -0.4 is 0 Å². The predicted molar refractivity (Wildman–Crippen MR) is 80.3 cm³/mol. The van der Waals surface area contributed by atoms with Gasteiger partial charge in [-0.25, -0.2) is 4.98 Å². The minimum absolute atomic E-state index is 0.0377. The van der Waals surface area contributed by atoms with Crippen LogP contribution in [0.5, 0.6) is 0 Å². The molecule has 1 amide bonds. The van der Waals surface area contributed by atoms with Gasteiger partial charge in [0, 0.05) is 39.0 Å². The molecule has 0 fully saturated rings. The van der Waals surface area contributed by atoms with Crippen molar-refractivity contribution in [1.29, 1.82) is 0 Å². The number of aryl methyl sites for hydroxylation is 2. The third-order valence-electron chi connectivity index (χ3n) is 4.01. The standard InChI is InChI=1S/C14H19N5OS/c1-3-11-13(21-17-16-11)14(20)18(2)9-10-4-6-19-7-5-15-12(19)8-10/h5,7,10H,3-4,6,8-9H2,1-2H3. The van der Waals surface area contributed by atoms with Crippen LogP contribution in [0.4, 0.5) is 0 Å². The van der Waals surface area contributed by atoms with E-state index in [2.05, 4.69) is 19.1 Å². The van der Waals surface area contributed by atoms with Crippen molar-refractivity contribution in [3.63, 3.8) is 0 Å². The molecule has 0 saturated carbocycles. The average Bonchev–Trinajstić information content (AvgIpc) is 3.14. The van der Waals surface area contributed by atoms with E-state index in [1.807, 2.05) is 26.4 Å². The third-order valence-corrected chi connectivity index (χ3v) is 4.77. The number of imidazole rings is 1. The van der Waals surface area contributed by atoms with Crippen LogP contribution in [0.3, 0.4) is 0 Å². The Bertz CT molecular complexity index is 635. The van der Waals surface area contributed by atoms with Gasteiger partial charge in [-0.15, -0.1) is 5.10 Å². The highest BCUT2D eigenvalue weighted by molar-refractivity contribution is 7.07. The zero-order valence-electron chi connectivity index (χ0n) is 12.3. The van der Waals surface area contributed by atoms with E-state index in [0.717, 1.165) is 43.9 Å². The second-order valence-electron chi connectivity index (χ2n) is 5.48. The molecule has 3 heterocycles. The number of amides is 1. The van der Waals surface area contributed by atoms with E-state index < -0.39 is 0 Å². The van der Waals surface area contributed by atoms with Gasteiger partial charge < -0.3 is 9.47 Å². The molecular weight excluding hydrogens is 286 g/mol. The maximum absolute atomic E-state index is 12.5. The van der Waals surface area contributed by atoms with Gasteiger partial charge in [0.1, 0.15) is 10.7 Å². The Labute approximate surface area is 128 Å². The smallest absolute Gasteiger partial charge is 0.267 e. The van der Waals surface area contributed by atoms with Crippen molar-refractivity contribution in [2.24, 2.45) is 5.92 Å². The molecule has 0 saturated heterocycles. The number of carbonyl (C=O) groups is 1. The van der Waals surface area contributed by atoms with Crippen molar-refractivity contribution < 1.29 is 4.79 Å². The van der Waals surface area contributed by atoms with Gasteiger partial charge in [0.15, 0.2) is 0 Å². The van der Waals surface area contributed by atoms with Crippen molar-refractivity contribution in [2.45, 2.75) is 32.7 Å². The lowest BCUT2D eigenvalue weighted by molar-refractivity contribution is 0.0767. The molecule has 6 nitrogen and oxygen atoms in total. The number of hydrogen-bond acceptors (Lipinski definition) is 5. The van der Waals surface area contributed by atoms with E-state index in [4.69, 9.17) is 0 Å². The highest BCUT2D eigenvalue weighted by Crippen LogP contribution is 2.21. The first kappa shape index (κ1) is 14.2. The minimum atomic E-state index is 0.0377. The SMILES string of the molecule is CCc1nnsc1C(=O)N(C)CC1CCn2ccnc2C1. The Hall–Kier alpha value is -1.76. The van der Waals surface area contributed by atoms with Crippen LogP contribution in [0.1, 0.15) is 34.5 Å². The fraction of sp³-hybridized carbons (Fsp3) is 0.571. The summed E-state index contributed by atoms with van der Waals surface area (Å²) in [7, 11) is 1.86. The zero-order chi connectivity index (χ0) is 14.8. The first-order valence-electron chi connectivity index (χ1n) is 7.25. The maximum Gasteiger partial charge on any atom is 0.267 e. The molecule has 0 N–H and O–H groups in total. The summed E-state index contributed by atoms with van der Waals surface area (Å²) in [6, 6.07) is 0. The summed E-state index contributed by atoms with van der Waals surface area (Å²) >= 11 is 1.19. The molecule has 1 unspecified atom stereocenters. The fourth-order valence-corrected chi connectivity index (χ4v) is 3.56. The molecule has 2 aromatic rings. The highest BCUT2D eigenvalue weighted by atomic mass is 32.1. The summed E-state index contributed by atoms with van der Waals surface area (Å²) in [5.41, 5.74) is 0.802. The van der Waals surface area contributed by atoms with E-state index in [1.54, 1.807) is 4.90 Å². The summed E-state index contributed by atoms with van der Waals surface area (Å²) < 4.78 is 6.09. The van der Waals surface area contributed by atoms with Gasteiger partial charge in [0.05, 0.1) is 5.69 Å². The monoisotopic (exact) mass is 305 g/mol. The number of hydrogen-bond donors (Lipinski definition) is 0. The highest BCUT2D eigenvalue weighted by Gasteiger charge is 2.24. The van der Waals surface area contributed by atoms with Gasteiger partial charge in [-0.1, -0.05) is 11.4 Å². The number of nitrogens with zero attached hydrogens (tertiary/aromatic N) is 5.